The summed E-state index contributed by atoms with van der Waals surface area (Å²) >= 11 is 14.2. The highest BCUT2D eigenvalue weighted by Gasteiger charge is 2.26. The fourth-order valence-corrected chi connectivity index (χ4v) is 5.52. The number of anilines is 1. The first kappa shape index (κ1) is 21.2. The number of fused-ring (bicyclic) bond motifs is 1. The van der Waals surface area contributed by atoms with Crippen LogP contribution in [0.15, 0.2) is 42.7 Å². The lowest BCUT2D eigenvalue weighted by molar-refractivity contribution is 0.0751. The minimum absolute atomic E-state index is 0.0431. The quantitative estimate of drug-likeness (QED) is 0.424. The fourth-order valence-electron chi connectivity index (χ4n) is 3.88. The van der Waals surface area contributed by atoms with Crippen LogP contribution in [0.2, 0.25) is 10.0 Å². The summed E-state index contributed by atoms with van der Waals surface area (Å²) in [6.45, 7) is 5.08. The second kappa shape index (κ2) is 8.69. The van der Waals surface area contributed by atoms with Gasteiger partial charge in [-0.2, -0.15) is 5.10 Å². The Bertz CT molecular complexity index is 1260. The maximum atomic E-state index is 13.2. The first-order valence-electron chi connectivity index (χ1n) is 10.2. The van der Waals surface area contributed by atoms with Crippen LogP contribution in [-0.2, 0) is 6.54 Å². The van der Waals surface area contributed by atoms with Crippen LogP contribution in [-0.4, -0.2) is 56.7 Å². The zero-order chi connectivity index (χ0) is 22.2. The van der Waals surface area contributed by atoms with Crippen molar-refractivity contribution in [3.05, 3.63) is 68.9 Å². The van der Waals surface area contributed by atoms with E-state index >= 15 is 0 Å². The van der Waals surface area contributed by atoms with Gasteiger partial charge in [0.05, 0.1) is 17.1 Å². The highest BCUT2D eigenvalue weighted by molar-refractivity contribution is 7.20. The van der Waals surface area contributed by atoms with E-state index in [0.717, 1.165) is 21.5 Å². The van der Waals surface area contributed by atoms with Gasteiger partial charge in [-0.1, -0.05) is 29.3 Å². The lowest BCUT2D eigenvalue weighted by atomic mass is 10.2. The van der Waals surface area contributed by atoms with Crippen molar-refractivity contribution in [2.45, 2.75) is 13.5 Å². The van der Waals surface area contributed by atoms with E-state index in [-0.39, 0.29) is 5.91 Å². The monoisotopic (exact) mass is 486 g/mol. The third-order valence-electron chi connectivity index (χ3n) is 5.59. The van der Waals surface area contributed by atoms with Crippen LogP contribution in [0.4, 0.5) is 5.95 Å². The van der Waals surface area contributed by atoms with Gasteiger partial charge in [-0.3, -0.25) is 4.79 Å². The highest BCUT2D eigenvalue weighted by atomic mass is 35.5. The summed E-state index contributed by atoms with van der Waals surface area (Å²) in [5.41, 5.74) is 1.70. The Morgan fingerprint density at radius 1 is 1.06 bits per heavy atom. The maximum absolute atomic E-state index is 13.2. The minimum Gasteiger partial charge on any atom is -0.337 e. The van der Waals surface area contributed by atoms with Crippen molar-refractivity contribution in [2.75, 3.05) is 31.1 Å². The van der Waals surface area contributed by atoms with Crippen LogP contribution in [0.1, 0.15) is 20.9 Å². The number of benzene rings is 1. The van der Waals surface area contributed by atoms with E-state index < -0.39 is 0 Å². The first-order chi connectivity index (χ1) is 15.5. The predicted molar refractivity (Wildman–Crippen MR) is 128 cm³/mol. The molecule has 1 aromatic carbocycles. The SMILES string of the molecule is Cc1nn(Cc2c(Cl)cccc2Cl)c2sc(C(=O)N3CCN(c4ncccn4)CC3)cc12. The van der Waals surface area contributed by atoms with E-state index in [4.69, 9.17) is 23.2 Å². The molecule has 1 amide bonds. The van der Waals surface area contributed by atoms with Gasteiger partial charge < -0.3 is 9.80 Å². The Kier molecular flexibility index (Phi) is 5.75. The molecule has 5 rings (SSSR count). The second-order valence-electron chi connectivity index (χ2n) is 7.60. The van der Waals surface area contributed by atoms with Crippen LogP contribution in [0.25, 0.3) is 10.2 Å². The normalized spacial score (nSPS) is 14.3. The van der Waals surface area contributed by atoms with Crippen LogP contribution >= 0.6 is 34.5 Å². The van der Waals surface area contributed by atoms with Gasteiger partial charge in [0.2, 0.25) is 5.95 Å². The predicted octanol–water partition coefficient (Wildman–Crippen LogP) is 4.51. The number of hydrogen-bond acceptors (Lipinski definition) is 6. The lowest BCUT2D eigenvalue weighted by Gasteiger charge is -2.34. The summed E-state index contributed by atoms with van der Waals surface area (Å²) in [5, 5.41) is 6.84. The molecule has 1 aliphatic heterocycles. The molecule has 1 saturated heterocycles. The largest absolute Gasteiger partial charge is 0.337 e. The summed E-state index contributed by atoms with van der Waals surface area (Å²) in [7, 11) is 0. The van der Waals surface area contributed by atoms with Gasteiger partial charge in [0.15, 0.2) is 0 Å². The van der Waals surface area contributed by atoms with Gasteiger partial charge in [0.1, 0.15) is 4.83 Å². The van der Waals surface area contributed by atoms with Crippen molar-refractivity contribution >= 4 is 56.6 Å². The maximum Gasteiger partial charge on any atom is 0.264 e. The molecule has 1 aliphatic rings. The molecule has 0 aliphatic carbocycles. The number of nitrogens with zero attached hydrogens (tertiary/aromatic N) is 6. The smallest absolute Gasteiger partial charge is 0.264 e. The highest BCUT2D eigenvalue weighted by Crippen LogP contribution is 2.32. The molecule has 3 aromatic heterocycles. The number of thiophene rings is 1. The van der Waals surface area contributed by atoms with Crippen molar-refractivity contribution in [2.24, 2.45) is 0 Å². The van der Waals surface area contributed by atoms with Crippen molar-refractivity contribution in [3.8, 4) is 0 Å². The number of hydrogen-bond donors (Lipinski definition) is 0. The molecule has 0 N–H and O–H groups in total. The summed E-state index contributed by atoms with van der Waals surface area (Å²) in [4.78, 5) is 27.5. The molecular formula is C22H20Cl2N6OS. The molecule has 0 atom stereocenters. The second-order valence-corrected chi connectivity index (χ2v) is 9.45. The van der Waals surface area contributed by atoms with Crippen molar-refractivity contribution in [1.29, 1.82) is 0 Å². The van der Waals surface area contributed by atoms with E-state index in [1.54, 1.807) is 18.5 Å². The Morgan fingerprint density at radius 2 is 1.75 bits per heavy atom. The van der Waals surface area contributed by atoms with E-state index in [9.17, 15) is 4.79 Å². The molecular weight excluding hydrogens is 467 g/mol. The molecule has 1 fully saturated rings. The van der Waals surface area contributed by atoms with E-state index in [1.165, 1.54) is 11.3 Å². The van der Waals surface area contributed by atoms with E-state index in [1.807, 2.05) is 40.8 Å². The fraction of sp³-hybridized carbons (Fsp3) is 0.273. The first-order valence-corrected chi connectivity index (χ1v) is 11.8. The van der Waals surface area contributed by atoms with Gasteiger partial charge in [0, 0.05) is 59.6 Å². The summed E-state index contributed by atoms with van der Waals surface area (Å²) in [6.07, 6.45) is 3.47. The average molecular weight is 487 g/mol. The van der Waals surface area contributed by atoms with Gasteiger partial charge in [-0.05, 0) is 31.2 Å². The molecule has 0 spiro atoms. The lowest BCUT2D eigenvalue weighted by Crippen LogP contribution is -2.49. The zero-order valence-electron chi connectivity index (χ0n) is 17.3. The third kappa shape index (κ3) is 3.94. The van der Waals surface area contributed by atoms with E-state index in [0.29, 0.717) is 53.6 Å². The number of halogens is 2. The molecule has 0 bridgehead atoms. The number of aryl methyl sites for hydroxylation is 1. The number of carbonyl (C=O) groups excluding carboxylic acids is 1. The van der Waals surface area contributed by atoms with Crippen LogP contribution in [0, 0.1) is 6.92 Å². The van der Waals surface area contributed by atoms with Crippen molar-refractivity contribution in [1.82, 2.24) is 24.6 Å². The number of aromatic nitrogens is 4. The molecule has 164 valence electrons. The number of rotatable bonds is 4. The summed E-state index contributed by atoms with van der Waals surface area (Å²) in [5.74, 6) is 0.747. The van der Waals surface area contributed by atoms with Gasteiger partial charge in [-0.25, -0.2) is 14.6 Å². The molecule has 0 unspecified atom stereocenters. The Balaban J connectivity index is 1.35. The molecule has 0 saturated carbocycles. The molecule has 4 aromatic rings. The number of amides is 1. The summed E-state index contributed by atoms with van der Waals surface area (Å²) < 4.78 is 1.88. The Labute approximate surface area is 199 Å². The molecule has 0 radical (unpaired) electrons. The van der Waals surface area contributed by atoms with Crippen LogP contribution < -0.4 is 4.90 Å². The number of carbonyl (C=O) groups is 1. The van der Waals surface area contributed by atoms with Gasteiger partial charge >= 0.3 is 0 Å². The molecule has 10 heteroatoms. The summed E-state index contributed by atoms with van der Waals surface area (Å²) in [6, 6.07) is 9.21. The average Bonchev–Trinajstić information content (AvgIpc) is 3.37. The molecule has 32 heavy (non-hydrogen) atoms. The topological polar surface area (TPSA) is 67.2 Å². The van der Waals surface area contributed by atoms with Crippen molar-refractivity contribution in [3.63, 3.8) is 0 Å². The Morgan fingerprint density at radius 3 is 2.44 bits per heavy atom. The van der Waals surface area contributed by atoms with Crippen LogP contribution in [0.5, 0.6) is 0 Å². The number of piperazine rings is 1. The minimum atomic E-state index is 0.0431. The van der Waals surface area contributed by atoms with Gasteiger partial charge in [-0.15, -0.1) is 11.3 Å². The van der Waals surface area contributed by atoms with E-state index in [2.05, 4.69) is 20.0 Å². The molecule has 7 nitrogen and oxygen atoms in total. The molecule has 4 heterocycles. The zero-order valence-corrected chi connectivity index (χ0v) is 19.7. The van der Waals surface area contributed by atoms with Crippen molar-refractivity contribution < 1.29 is 4.79 Å². The van der Waals surface area contributed by atoms with Crippen LogP contribution in [0.3, 0.4) is 0 Å². The Hall–Kier alpha value is -2.68. The standard InChI is InChI=1S/C22H20Cl2N6OS/c1-14-15-12-19(20(31)28-8-10-29(11-9-28)22-25-6-3-7-26-22)32-21(15)30(27-14)13-16-17(23)4-2-5-18(16)24/h2-7,12H,8-11,13H2,1H3. The van der Waals surface area contributed by atoms with Gasteiger partial charge in [0.25, 0.3) is 5.91 Å². The third-order valence-corrected chi connectivity index (χ3v) is 7.43.